The van der Waals surface area contributed by atoms with E-state index in [0.717, 1.165) is 52.7 Å². The lowest BCUT2D eigenvalue weighted by Gasteiger charge is -2.19. The van der Waals surface area contributed by atoms with E-state index in [1.54, 1.807) is 27.7 Å². The predicted molar refractivity (Wildman–Crippen MR) is 120 cm³/mol. The van der Waals surface area contributed by atoms with Crippen molar-refractivity contribution in [2.75, 3.05) is 19.3 Å². The molecule has 2 aromatic heterocycles. The van der Waals surface area contributed by atoms with Crippen molar-refractivity contribution in [3.8, 4) is 5.69 Å². The highest BCUT2D eigenvalue weighted by molar-refractivity contribution is 7.99. The molecule has 0 fully saturated rings. The highest BCUT2D eigenvalue weighted by Crippen LogP contribution is 2.32. The molecule has 0 saturated carbocycles. The van der Waals surface area contributed by atoms with Crippen LogP contribution in [0.25, 0.3) is 15.9 Å². The molecule has 1 N–H and O–H groups in total. The van der Waals surface area contributed by atoms with Gasteiger partial charge in [0, 0.05) is 17.2 Å². The molecule has 4 rings (SSSR count). The average molecular weight is 435 g/mol. The second kappa shape index (κ2) is 8.19. The number of thioether (sulfide) groups is 1. The first kappa shape index (κ1) is 20.0. The Morgan fingerprint density at radius 3 is 2.79 bits per heavy atom. The largest absolute Gasteiger partial charge is 0.333 e. The van der Waals surface area contributed by atoms with Crippen molar-refractivity contribution in [1.29, 1.82) is 0 Å². The lowest BCUT2D eigenvalue weighted by atomic mass is 10.1. The fourth-order valence-electron chi connectivity index (χ4n) is 3.54. The fraction of sp³-hybridized carbons (Fsp3) is 0.429. The number of halogens is 1. The molecule has 0 radical (unpaired) electrons. The average Bonchev–Trinajstić information content (AvgIpc) is 3.00. The molecule has 4 nitrogen and oxygen atoms in total. The number of nitrogens with zero attached hydrogens (tertiary/aromatic N) is 2. The molecule has 28 heavy (non-hydrogen) atoms. The molecular formula is C21H25ClN3OS2+. The maximum Gasteiger partial charge on any atom is 0.267 e. The first-order valence-electron chi connectivity index (χ1n) is 9.71. The van der Waals surface area contributed by atoms with Crippen molar-refractivity contribution in [2.24, 2.45) is 5.92 Å². The summed E-state index contributed by atoms with van der Waals surface area (Å²) in [5.74, 6) is 1.57. The van der Waals surface area contributed by atoms with Gasteiger partial charge in [-0.25, -0.2) is 4.98 Å². The van der Waals surface area contributed by atoms with Crippen molar-refractivity contribution in [3.05, 3.63) is 50.1 Å². The number of hydrogen-bond donors (Lipinski definition) is 1. The summed E-state index contributed by atoms with van der Waals surface area (Å²) in [6.45, 7) is 6.47. The van der Waals surface area contributed by atoms with E-state index in [0.29, 0.717) is 10.9 Å². The van der Waals surface area contributed by atoms with E-state index in [1.807, 2.05) is 24.3 Å². The van der Waals surface area contributed by atoms with Crippen LogP contribution in [0.5, 0.6) is 0 Å². The third-order valence-corrected chi connectivity index (χ3v) is 7.50. The number of quaternary nitrogens is 1. The lowest BCUT2D eigenvalue weighted by Crippen LogP contribution is -3.08. The van der Waals surface area contributed by atoms with Gasteiger partial charge in [-0.05, 0) is 42.2 Å². The van der Waals surface area contributed by atoms with Crippen LogP contribution < -0.4 is 10.5 Å². The van der Waals surface area contributed by atoms with Crippen LogP contribution in [-0.2, 0) is 13.0 Å². The van der Waals surface area contributed by atoms with E-state index in [4.69, 9.17) is 16.6 Å². The van der Waals surface area contributed by atoms with Crippen molar-refractivity contribution in [3.63, 3.8) is 0 Å². The van der Waals surface area contributed by atoms with Gasteiger partial charge in [0.15, 0.2) is 5.16 Å². The van der Waals surface area contributed by atoms with Crippen LogP contribution in [0.2, 0.25) is 5.02 Å². The number of likely N-dealkylation sites (N-methyl/N-ethyl adjacent to an activating group) is 1. The Morgan fingerprint density at radius 1 is 1.32 bits per heavy atom. The number of fused-ring (bicyclic) bond motifs is 3. The van der Waals surface area contributed by atoms with Crippen LogP contribution in [-0.4, -0.2) is 28.9 Å². The number of rotatable bonds is 5. The molecule has 1 unspecified atom stereocenters. The minimum absolute atomic E-state index is 0.0522. The summed E-state index contributed by atoms with van der Waals surface area (Å²) in [4.78, 5) is 22.3. The van der Waals surface area contributed by atoms with Crippen molar-refractivity contribution in [2.45, 2.75) is 38.4 Å². The summed E-state index contributed by atoms with van der Waals surface area (Å²) in [5.41, 5.74) is 2.09. The number of aromatic nitrogens is 2. The van der Waals surface area contributed by atoms with Gasteiger partial charge in [-0.15, -0.1) is 11.3 Å². The Morgan fingerprint density at radius 2 is 2.07 bits per heavy atom. The van der Waals surface area contributed by atoms with Gasteiger partial charge in [-0.3, -0.25) is 9.36 Å². The third kappa shape index (κ3) is 3.88. The van der Waals surface area contributed by atoms with Gasteiger partial charge in [0.05, 0.1) is 29.5 Å². The van der Waals surface area contributed by atoms with Crippen LogP contribution in [0.3, 0.4) is 0 Å². The quantitative estimate of drug-likeness (QED) is 0.490. The van der Waals surface area contributed by atoms with Gasteiger partial charge in [0.2, 0.25) is 0 Å². The van der Waals surface area contributed by atoms with Gasteiger partial charge < -0.3 is 4.90 Å². The van der Waals surface area contributed by atoms with E-state index in [-0.39, 0.29) is 5.56 Å². The minimum atomic E-state index is 0.0522. The molecule has 0 spiro atoms. The van der Waals surface area contributed by atoms with Gasteiger partial charge in [-0.2, -0.15) is 0 Å². The topological polar surface area (TPSA) is 39.3 Å². The molecule has 0 amide bonds. The summed E-state index contributed by atoms with van der Waals surface area (Å²) < 4.78 is 1.78. The fourth-order valence-corrected chi connectivity index (χ4v) is 6.29. The molecule has 1 atom stereocenters. The molecule has 0 aliphatic carbocycles. The molecule has 3 heterocycles. The molecular weight excluding hydrogens is 410 g/mol. The van der Waals surface area contributed by atoms with E-state index in [2.05, 4.69) is 20.9 Å². The van der Waals surface area contributed by atoms with Crippen molar-refractivity contribution < 1.29 is 4.90 Å². The Kier molecular flexibility index (Phi) is 5.83. The monoisotopic (exact) mass is 434 g/mol. The molecule has 0 bridgehead atoms. The van der Waals surface area contributed by atoms with E-state index in [9.17, 15) is 4.79 Å². The van der Waals surface area contributed by atoms with Gasteiger partial charge in [0.1, 0.15) is 11.4 Å². The van der Waals surface area contributed by atoms with Crippen LogP contribution in [0.15, 0.2) is 34.2 Å². The van der Waals surface area contributed by atoms with Crippen molar-refractivity contribution in [1.82, 2.24) is 9.55 Å². The second-order valence-corrected chi connectivity index (χ2v) is 10.4. The number of benzene rings is 1. The molecule has 0 saturated heterocycles. The maximum absolute atomic E-state index is 13.6. The van der Waals surface area contributed by atoms with Crippen LogP contribution in [0, 0.1) is 5.92 Å². The number of hydrogen-bond acceptors (Lipinski definition) is 4. The Hall–Kier alpha value is -1.34. The van der Waals surface area contributed by atoms with Crippen LogP contribution >= 0.6 is 34.7 Å². The standard InChI is InChI=1S/C21H24ClN3OS2/c1-13(2)9-11-27-21-23-19-18(16-8-10-24(3)12-17(16)28-19)20(26)25(21)15-6-4-14(22)5-7-15/h4-7,13H,8-12H2,1-3H3/p+1. The summed E-state index contributed by atoms with van der Waals surface area (Å²) in [6.07, 6.45) is 2.03. The van der Waals surface area contributed by atoms with Gasteiger partial charge >= 0.3 is 0 Å². The number of nitrogens with one attached hydrogen (secondary N) is 1. The summed E-state index contributed by atoms with van der Waals surface area (Å²) in [7, 11) is 2.21. The summed E-state index contributed by atoms with van der Waals surface area (Å²) in [5, 5.41) is 2.26. The third-order valence-electron chi connectivity index (χ3n) is 5.15. The first-order chi connectivity index (χ1) is 13.4. The Labute approximate surface area is 178 Å². The van der Waals surface area contributed by atoms with Crippen LogP contribution in [0.4, 0.5) is 0 Å². The second-order valence-electron chi connectivity index (χ2n) is 7.86. The zero-order valence-corrected chi connectivity index (χ0v) is 18.8. The molecule has 1 aliphatic rings. The molecule has 148 valence electrons. The summed E-state index contributed by atoms with van der Waals surface area (Å²) in [6, 6.07) is 7.47. The zero-order valence-electron chi connectivity index (χ0n) is 16.4. The van der Waals surface area contributed by atoms with Gasteiger partial charge in [-0.1, -0.05) is 37.2 Å². The summed E-state index contributed by atoms with van der Waals surface area (Å²) >= 11 is 9.44. The van der Waals surface area contributed by atoms with E-state index >= 15 is 0 Å². The Bertz CT molecular complexity index is 1060. The normalized spacial score (nSPS) is 16.7. The molecule has 7 heteroatoms. The molecule has 1 aromatic carbocycles. The smallest absolute Gasteiger partial charge is 0.267 e. The van der Waals surface area contributed by atoms with Gasteiger partial charge in [0.25, 0.3) is 5.56 Å². The SMILES string of the molecule is CC(C)CCSc1nc2sc3c(c2c(=O)n1-c1ccc(Cl)cc1)CC[NH+](C)C3. The number of thiophene rings is 1. The highest BCUT2D eigenvalue weighted by Gasteiger charge is 2.26. The van der Waals surface area contributed by atoms with Crippen molar-refractivity contribution >= 4 is 44.9 Å². The predicted octanol–water partition coefficient (Wildman–Crippen LogP) is 3.81. The molecule has 1 aliphatic heterocycles. The minimum Gasteiger partial charge on any atom is -0.333 e. The lowest BCUT2D eigenvalue weighted by molar-refractivity contribution is -0.895. The maximum atomic E-state index is 13.6. The highest BCUT2D eigenvalue weighted by atomic mass is 35.5. The van der Waals surface area contributed by atoms with E-state index < -0.39 is 0 Å². The zero-order chi connectivity index (χ0) is 19.8. The Balaban J connectivity index is 1.88. The van der Waals surface area contributed by atoms with E-state index in [1.165, 1.54) is 15.3 Å². The molecule has 3 aromatic rings. The first-order valence-corrected chi connectivity index (χ1v) is 11.9. The van der Waals surface area contributed by atoms with Crippen LogP contribution in [0.1, 0.15) is 30.7 Å².